The van der Waals surface area contributed by atoms with Gasteiger partial charge in [-0.3, -0.25) is 0 Å². The van der Waals surface area contributed by atoms with Gasteiger partial charge in [0.2, 0.25) is 5.88 Å². The molecule has 0 atom stereocenters. The molecule has 0 saturated heterocycles. The van der Waals surface area contributed by atoms with Gasteiger partial charge in [-0.2, -0.15) is 0 Å². The number of aryl methyl sites for hydroxylation is 1. The van der Waals surface area contributed by atoms with Crippen LogP contribution in [0.5, 0.6) is 5.88 Å². The number of fused-ring (bicyclic) bond motifs is 1. The summed E-state index contributed by atoms with van der Waals surface area (Å²) >= 11 is 0. The molecule has 4 heteroatoms. The second-order valence-corrected chi connectivity index (χ2v) is 4.89. The maximum Gasteiger partial charge on any atom is 0.247 e. The molecule has 4 nitrogen and oxygen atoms in total. The number of rotatable bonds is 5. The van der Waals surface area contributed by atoms with Gasteiger partial charge in [0.05, 0.1) is 11.1 Å². The van der Waals surface area contributed by atoms with Crippen LogP contribution in [0, 0.1) is 30.8 Å². The Balaban J connectivity index is 2.37. The summed E-state index contributed by atoms with van der Waals surface area (Å²) in [7, 11) is 0. The van der Waals surface area contributed by atoms with Gasteiger partial charge in [0, 0.05) is 18.6 Å². The summed E-state index contributed by atoms with van der Waals surface area (Å²) in [5.41, 5.74) is 2.61. The Hall–Kier alpha value is -2.53. The van der Waals surface area contributed by atoms with Crippen molar-refractivity contribution < 1.29 is 14.2 Å². The SMILES string of the molecule is CCOCC#COc1nc2ccccc2c(C)c1C#CCOCC. The first-order chi connectivity index (χ1) is 11.8. The first-order valence-corrected chi connectivity index (χ1v) is 7.96. The van der Waals surface area contributed by atoms with Crippen LogP contribution in [0.25, 0.3) is 10.9 Å². The first-order valence-electron chi connectivity index (χ1n) is 7.96. The third kappa shape index (κ3) is 4.73. The molecule has 0 fully saturated rings. The minimum atomic E-state index is 0.328. The Morgan fingerprint density at radius 2 is 1.71 bits per heavy atom. The Labute approximate surface area is 143 Å². The fourth-order valence-electron chi connectivity index (χ4n) is 2.11. The van der Waals surface area contributed by atoms with E-state index in [9.17, 15) is 0 Å². The fraction of sp³-hybridized carbons (Fsp3) is 0.350. The van der Waals surface area contributed by atoms with Gasteiger partial charge in [-0.1, -0.05) is 30.0 Å². The normalized spacial score (nSPS) is 9.79. The van der Waals surface area contributed by atoms with Crippen molar-refractivity contribution in [3.8, 4) is 29.7 Å². The number of ether oxygens (including phenoxy) is 3. The largest absolute Gasteiger partial charge is 0.386 e. The minimum absolute atomic E-state index is 0.328. The van der Waals surface area contributed by atoms with Crippen molar-refractivity contribution in [3.05, 3.63) is 35.4 Å². The molecular weight excluding hydrogens is 302 g/mol. The zero-order valence-electron chi connectivity index (χ0n) is 14.3. The zero-order valence-corrected chi connectivity index (χ0v) is 14.3. The number of benzene rings is 1. The lowest BCUT2D eigenvalue weighted by Gasteiger charge is -2.08. The second kappa shape index (κ2) is 9.57. The zero-order chi connectivity index (χ0) is 17.2. The van der Waals surface area contributed by atoms with E-state index >= 15 is 0 Å². The van der Waals surface area contributed by atoms with Gasteiger partial charge in [0.1, 0.15) is 19.3 Å². The van der Waals surface area contributed by atoms with Crippen molar-refractivity contribution in [2.75, 3.05) is 26.4 Å². The Bertz CT molecular complexity index is 806. The number of aromatic nitrogens is 1. The predicted molar refractivity (Wildman–Crippen MR) is 94.7 cm³/mol. The number of hydrogen-bond donors (Lipinski definition) is 0. The summed E-state index contributed by atoms with van der Waals surface area (Å²) in [6.45, 7) is 7.82. The highest BCUT2D eigenvalue weighted by Gasteiger charge is 2.11. The van der Waals surface area contributed by atoms with Crippen LogP contribution in [0.15, 0.2) is 24.3 Å². The molecule has 0 amide bonds. The molecule has 0 aliphatic heterocycles. The summed E-state index contributed by atoms with van der Waals surface area (Å²) in [5.74, 6) is 9.31. The lowest BCUT2D eigenvalue weighted by Crippen LogP contribution is -1.98. The number of pyridine rings is 1. The molecule has 124 valence electrons. The molecule has 1 aromatic carbocycles. The monoisotopic (exact) mass is 323 g/mol. The average Bonchev–Trinajstić information content (AvgIpc) is 2.60. The summed E-state index contributed by atoms with van der Waals surface area (Å²) < 4.78 is 16.0. The molecule has 0 unspecified atom stereocenters. The van der Waals surface area contributed by atoms with E-state index < -0.39 is 0 Å². The Kier molecular flexibility index (Phi) is 7.11. The second-order valence-electron chi connectivity index (χ2n) is 4.89. The van der Waals surface area contributed by atoms with E-state index in [1.54, 1.807) is 0 Å². The molecule has 0 bridgehead atoms. The minimum Gasteiger partial charge on any atom is -0.386 e. The molecule has 0 N–H and O–H groups in total. The van der Waals surface area contributed by atoms with Gasteiger partial charge in [-0.15, -0.1) is 0 Å². The molecule has 0 radical (unpaired) electrons. The standard InChI is InChI=1S/C20H21NO3/c1-4-22-13-8-11-18-16(3)17-10-6-7-12-19(17)21-20(18)24-15-9-14-23-5-2/h6-7,10,12H,4-5,13-14H2,1-3H3. The van der Waals surface area contributed by atoms with Crippen molar-refractivity contribution in [2.45, 2.75) is 20.8 Å². The van der Waals surface area contributed by atoms with Gasteiger partial charge in [0.25, 0.3) is 0 Å². The van der Waals surface area contributed by atoms with E-state index in [0.717, 1.165) is 22.0 Å². The number of hydrogen-bond acceptors (Lipinski definition) is 4. The summed E-state index contributed by atoms with van der Waals surface area (Å²) in [5, 5.41) is 1.05. The first kappa shape index (κ1) is 17.8. The van der Waals surface area contributed by atoms with Crippen LogP contribution in [-0.4, -0.2) is 31.4 Å². The van der Waals surface area contributed by atoms with Gasteiger partial charge >= 0.3 is 0 Å². The maximum atomic E-state index is 5.53. The maximum absolute atomic E-state index is 5.53. The van der Waals surface area contributed by atoms with Crippen LogP contribution < -0.4 is 4.74 Å². The van der Waals surface area contributed by atoms with Crippen LogP contribution in [0.4, 0.5) is 0 Å². The molecule has 0 spiro atoms. The molecule has 0 aliphatic carbocycles. The van der Waals surface area contributed by atoms with Crippen molar-refractivity contribution in [1.82, 2.24) is 4.98 Å². The third-order valence-electron chi connectivity index (χ3n) is 3.31. The Morgan fingerprint density at radius 1 is 1.00 bits per heavy atom. The van der Waals surface area contributed by atoms with E-state index in [2.05, 4.69) is 28.9 Å². The summed E-state index contributed by atoms with van der Waals surface area (Å²) in [4.78, 5) is 4.54. The predicted octanol–water partition coefficient (Wildman–Crippen LogP) is 3.31. The smallest absolute Gasteiger partial charge is 0.247 e. The summed E-state index contributed by atoms with van der Waals surface area (Å²) in [6.07, 6.45) is 2.63. The molecule has 0 saturated carbocycles. The van der Waals surface area contributed by atoms with E-state index in [1.807, 2.05) is 45.0 Å². The third-order valence-corrected chi connectivity index (χ3v) is 3.31. The van der Waals surface area contributed by atoms with E-state index in [4.69, 9.17) is 14.2 Å². The number of nitrogens with zero attached hydrogens (tertiary/aromatic N) is 1. The average molecular weight is 323 g/mol. The van der Waals surface area contributed by atoms with Gasteiger partial charge in [0.15, 0.2) is 0 Å². The van der Waals surface area contributed by atoms with Crippen LogP contribution in [-0.2, 0) is 9.47 Å². The van der Waals surface area contributed by atoms with Gasteiger partial charge < -0.3 is 14.2 Å². The molecule has 1 heterocycles. The molecule has 0 aliphatic rings. The van der Waals surface area contributed by atoms with Crippen LogP contribution in [0.3, 0.4) is 0 Å². The highest BCUT2D eigenvalue weighted by Crippen LogP contribution is 2.26. The van der Waals surface area contributed by atoms with E-state index in [0.29, 0.717) is 32.3 Å². The van der Waals surface area contributed by atoms with E-state index in [-0.39, 0.29) is 0 Å². The molecule has 24 heavy (non-hydrogen) atoms. The Morgan fingerprint density at radius 3 is 2.46 bits per heavy atom. The lowest BCUT2D eigenvalue weighted by molar-refractivity contribution is 0.182. The highest BCUT2D eigenvalue weighted by atomic mass is 16.5. The van der Waals surface area contributed by atoms with Crippen molar-refractivity contribution in [3.63, 3.8) is 0 Å². The molecule has 2 aromatic rings. The van der Waals surface area contributed by atoms with Gasteiger partial charge in [-0.25, -0.2) is 4.98 Å². The molecule has 2 rings (SSSR count). The van der Waals surface area contributed by atoms with Crippen LogP contribution >= 0.6 is 0 Å². The van der Waals surface area contributed by atoms with Crippen LogP contribution in [0.1, 0.15) is 25.0 Å². The molecular formula is C20H21NO3. The quantitative estimate of drug-likeness (QED) is 0.625. The van der Waals surface area contributed by atoms with Crippen molar-refractivity contribution in [1.29, 1.82) is 0 Å². The van der Waals surface area contributed by atoms with Crippen molar-refractivity contribution >= 4 is 10.9 Å². The van der Waals surface area contributed by atoms with Crippen molar-refractivity contribution in [2.24, 2.45) is 0 Å². The highest BCUT2D eigenvalue weighted by molar-refractivity contribution is 5.85. The van der Waals surface area contributed by atoms with Crippen LogP contribution in [0.2, 0.25) is 0 Å². The summed E-state index contributed by atoms with van der Waals surface area (Å²) in [6, 6.07) is 7.90. The number of para-hydroxylation sites is 1. The fourth-order valence-corrected chi connectivity index (χ4v) is 2.11. The van der Waals surface area contributed by atoms with Gasteiger partial charge in [-0.05, 0) is 38.3 Å². The van der Waals surface area contributed by atoms with E-state index in [1.165, 1.54) is 0 Å². The lowest BCUT2D eigenvalue weighted by atomic mass is 10.0. The molecule has 1 aromatic heterocycles. The topological polar surface area (TPSA) is 40.6 Å².